The van der Waals surface area contributed by atoms with E-state index in [-0.39, 0.29) is 18.5 Å². The fourth-order valence-corrected chi connectivity index (χ4v) is 14.6. The van der Waals surface area contributed by atoms with E-state index >= 15 is 0 Å². The van der Waals surface area contributed by atoms with E-state index in [1.165, 1.54) is 385 Å². The minimum atomic E-state index is -1.57. The smallest absolute Gasteiger partial charge is 0.305 e. The van der Waals surface area contributed by atoms with E-state index < -0.39 is 49.5 Å². The lowest BCUT2D eigenvalue weighted by atomic mass is 9.99. The monoisotopic (exact) mass is 1410 g/mol. The summed E-state index contributed by atoms with van der Waals surface area (Å²) in [5.41, 5.74) is 0. The maximum absolute atomic E-state index is 13.1. The molecule has 1 amide bonds. The van der Waals surface area contributed by atoms with Gasteiger partial charge in [-0.1, -0.05) is 423 Å². The first-order chi connectivity index (χ1) is 49.2. The molecule has 1 rings (SSSR count). The minimum absolute atomic E-state index is 0.0167. The molecule has 1 heterocycles. The molecule has 0 aromatic carbocycles. The number of aliphatic hydroxyl groups excluding tert-OH is 5. The van der Waals surface area contributed by atoms with Crippen molar-refractivity contribution >= 4 is 11.9 Å². The number of aliphatic hydroxyl groups is 5. The summed E-state index contributed by atoms with van der Waals surface area (Å²) in [4.78, 5) is 25.3. The average molecular weight is 1420 g/mol. The lowest BCUT2D eigenvalue weighted by molar-refractivity contribution is -0.302. The molecule has 0 saturated carbocycles. The van der Waals surface area contributed by atoms with E-state index in [0.29, 0.717) is 19.4 Å². The van der Waals surface area contributed by atoms with Crippen molar-refractivity contribution in [2.24, 2.45) is 0 Å². The van der Waals surface area contributed by atoms with E-state index in [0.717, 1.165) is 57.8 Å². The van der Waals surface area contributed by atoms with Crippen molar-refractivity contribution < 1.29 is 49.3 Å². The van der Waals surface area contributed by atoms with Crippen LogP contribution in [0.25, 0.3) is 0 Å². The zero-order valence-electron chi connectivity index (χ0n) is 66.5. The third-order valence-corrected chi connectivity index (χ3v) is 21.6. The predicted molar refractivity (Wildman–Crippen MR) is 426 cm³/mol. The Morgan fingerprint density at radius 2 is 0.640 bits per heavy atom. The molecule has 0 aromatic rings. The minimum Gasteiger partial charge on any atom is -0.466 e. The summed E-state index contributed by atoms with van der Waals surface area (Å²) in [6.45, 7) is 4.42. The van der Waals surface area contributed by atoms with E-state index in [1.807, 2.05) is 6.08 Å². The second-order valence-corrected chi connectivity index (χ2v) is 31.3. The van der Waals surface area contributed by atoms with Crippen molar-refractivity contribution in [1.29, 1.82) is 0 Å². The molecule has 7 atom stereocenters. The Morgan fingerprint density at radius 3 is 0.960 bits per heavy atom. The second kappa shape index (κ2) is 78.2. The number of esters is 1. The van der Waals surface area contributed by atoms with Gasteiger partial charge in [0.1, 0.15) is 24.4 Å². The maximum Gasteiger partial charge on any atom is 0.305 e. The van der Waals surface area contributed by atoms with Crippen molar-refractivity contribution in [2.45, 2.75) is 513 Å². The molecule has 100 heavy (non-hydrogen) atoms. The number of allylic oxidation sites excluding steroid dienone is 3. The van der Waals surface area contributed by atoms with Crippen LogP contribution in [0.2, 0.25) is 0 Å². The van der Waals surface area contributed by atoms with Gasteiger partial charge in [-0.2, -0.15) is 0 Å². The normalized spacial score (nSPS) is 17.1. The number of hydrogen-bond donors (Lipinski definition) is 6. The number of carbonyl (C=O) groups excluding carboxylic acids is 2. The van der Waals surface area contributed by atoms with Crippen LogP contribution in [-0.4, -0.2) is 100 Å². The number of hydrogen-bond acceptors (Lipinski definition) is 10. The van der Waals surface area contributed by atoms with Crippen LogP contribution in [0.5, 0.6) is 0 Å². The van der Waals surface area contributed by atoms with Gasteiger partial charge in [0, 0.05) is 12.8 Å². The van der Waals surface area contributed by atoms with Gasteiger partial charge in [0.15, 0.2) is 6.29 Å². The van der Waals surface area contributed by atoms with E-state index in [4.69, 9.17) is 14.2 Å². The van der Waals surface area contributed by atoms with Crippen molar-refractivity contribution in [3.63, 3.8) is 0 Å². The number of unbranched alkanes of at least 4 members (excludes halogenated alkanes) is 65. The zero-order valence-corrected chi connectivity index (χ0v) is 66.5. The summed E-state index contributed by atoms with van der Waals surface area (Å²) in [5, 5.41) is 54.7. The number of nitrogens with one attached hydrogen (secondary N) is 1. The fraction of sp³-hybridized carbons (Fsp3) is 0.933. The van der Waals surface area contributed by atoms with Crippen LogP contribution in [0, 0.1) is 0 Å². The summed E-state index contributed by atoms with van der Waals surface area (Å²) < 4.78 is 16.8. The average Bonchev–Trinajstić information content (AvgIpc) is 0.822. The third-order valence-electron chi connectivity index (χ3n) is 21.6. The van der Waals surface area contributed by atoms with Crippen molar-refractivity contribution in [2.75, 3.05) is 19.8 Å². The van der Waals surface area contributed by atoms with E-state index in [9.17, 15) is 35.1 Å². The molecule has 0 aliphatic carbocycles. The highest BCUT2D eigenvalue weighted by molar-refractivity contribution is 5.76. The lowest BCUT2D eigenvalue weighted by Gasteiger charge is -2.40. The molecule has 1 fully saturated rings. The number of amides is 1. The predicted octanol–water partition coefficient (Wildman–Crippen LogP) is 25.0. The molecule has 1 aliphatic heterocycles. The van der Waals surface area contributed by atoms with Crippen LogP contribution in [0.3, 0.4) is 0 Å². The maximum atomic E-state index is 13.1. The fourth-order valence-electron chi connectivity index (χ4n) is 14.6. The van der Waals surface area contributed by atoms with Crippen LogP contribution in [0.15, 0.2) is 24.3 Å². The summed E-state index contributed by atoms with van der Waals surface area (Å²) in [6, 6.07) is -0.806. The summed E-state index contributed by atoms with van der Waals surface area (Å²) in [6.07, 6.45) is 92.4. The SMILES string of the molecule is CCCCCCCCC/C=C\CCCCCCCCCC(=O)OCCCCCCCCCCCCCCCCCCCCCCCCCCCCCCCCCCCCCCCCCC(=O)NC(COC1OC(CO)C(O)C(O)C1O)C(O)/C=C/CCCCCCCCCCCCCCC. The number of ether oxygens (including phenoxy) is 3. The van der Waals surface area contributed by atoms with Crippen LogP contribution in [0.4, 0.5) is 0 Å². The quantitative estimate of drug-likeness (QED) is 0.0195. The molecule has 1 saturated heterocycles. The highest BCUT2D eigenvalue weighted by Crippen LogP contribution is 2.24. The second-order valence-electron chi connectivity index (χ2n) is 31.3. The number of carbonyl (C=O) groups is 2. The third kappa shape index (κ3) is 65.6. The molecule has 0 spiro atoms. The van der Waals surface area contributed by atoms with Crippen molar-refractivity contribution in [3.8, 4) is 0 Å². The standard InChI is InChI=1S/C89H171NO10/c1-3-5-7-9-11-13-15-17-19-20-45-49-53-57-61-65-69-73-77-85(94)98-78-74-70-66-62-58-54-50-46-43-41-39-37-35-33-31-29-27-25-23-21-22-24-26-28-30-32-34-36-38-40-42-44-48-52-56-60-64-68-72-76-84(93)90-81(80-99-89-88(97)87(96)86(95)83(79-91)100-89)82(92)75-71-67-63-59-55-51-47-18-16-14-12-10-8-6-4-2/h19-20,71,75,81-83,86-89,91-92,95-97H,3-18,21-70,72-74,76-80H2,1-2H3,(H,90,93)/b20-19-,75-71+. The van der Waals surface area contributed by atoms with Crippen molar-refractivity contribution in [1.82, 2.24) is 5.32 Å². The Bertz CT molecular complexity index is 1710. The van der Waals surface area contributed by atoms with Gasteiger partial charge in [0.2, 0.25) is 5.91 Å². The van der Waals surface area contributed by atoms with Crippen LogP contribution < -0.4 is 5.32 Å². The molecular weight excluding hydrogens is 1240 g/mol. The summed E-state index contributed by atoms with van der Waals surface area (Å²) >= 11 is 0. The van der Waals surface area contributed by atoms with Gasteiger partial charge in [0.25, 0.3) is 0 Å². The molecule has 0 aromatic heterocycles. The van der Waals surface area contributed by atoms with Crippen LogP contribution in [-0.2, 0) is 23.8 Å². The van der Waals surface area contributed by atoms with Crippen LogP contribution >= 0.6 is 0 Å². The Balaban J connectivity index is 1.86. The lowest BCUT2D eigenvalue weighted by Crippen LogP contribution is -2.60. The number of rotatable bonds is 81. The molecule has 0 radical (unpaired) electrons. The molecule has 11 heteroatoms. The summed E-state index contributed by atoms with van der Waals surface area (Å²) in [7, 11) is 0. The zero-order chi connectivity index (χ0) is 72.2. The topological polar surface area (TPSA) is 175 Å². The van der Waals surface area contributed by atoms with Gasteiger partial charge in [0.05, 0.1) is 32.0 Å². The van der Waals surface area contributed by atoms with Gasteiger partial charge in [-0.05, 0) is 57.8 Å². The first-order valence-corrected chi connectivity index (χ1v) is 44.6. The summed E-state index contributed by atoms with van der Waals surface area (Å²) in [5.74, 6) is -0.155. The van der Waals surface area contributed by atoms with E-state index in [1.54, 1.807) is 6.08 Å². The molecule has 1 aliphatic rings. The first-order valence-electron chi connectivity index (χ1n) is 44.6. The van der Waals surface area contributed by atoms with Crippen LogP contribution in [0.1, 0.15) is 470 Å². The van der Waals surface area contributed by atoms with Gasteiger partial charge in [-0.3, -0.25) is 9.59 Å². The first kappa shape index (κ1) is 96.2. The Hall–Kier alpha value is -1.86. The van der Waals surface area contributed by atoms with Gasteiger partial charge >= 0.3 is 5.97 Å². The van der Waals surface area contributed by atoms with Gasteiger partial charge < -0.3 is 45.1 Å². The molecular formula is C89H171NO10. The highest BCUT2D eigenvalue weighted by atomic mass is 16.7. The largest absolute Gasteiger partial charge is 0.466 e. The molecule has 11 nitrogen and oxygen atoms in total. The molecule has 592 valence electrons. The Morgan fingerprint density at radius 1 is 0.360 bits per heavy atom. The Kier molecular flexibility index (Phi) is 75.2. The molecule has 6 N–H and O–H groups in total. The molecule has 0 bridgehead atoms. The van der Waals surface area contributed by atoms with E-state index in [2.05, 4.69) is 31.3 Å². The Labute approximate surface area is 620 Å². The van der Waals surface area contributed by atoms with Gasteiger partial charge in [-0.15, -0.1) is 0 Å². The highest BCUT2D eigenvalue weighted by Gasteiger charge is 2.44. The van der Waals surface area contributed by atoms with Gasteiger partial charge in [-0.25, -0.2) is 0 Å². The molecule has 7 unspecified atom stereocenters. The van der Waals surface area contributed by atoms with Crippen molar-refractivity contribution in [3.05, 3.63) is 24.3 Å².